The summed E-state index contributed by atoms with van der Waals surface area (Å²) in [5, 5.41) is 9.82. The minimum absolute atomic E-state index is 0.0926. The van der Waals surface area contributed by atoms with Crippen LogP contribution < -0.4 is 0 Å². The molecule has 0 aliphatic heterocycles. The maximum absolute atomic E-state index is 12.3. The summed E-state index contributed by atoms with van der Waals surface area (Å²) in [7, 11) is 0. The van der Waals surface area contributed by atoms with Crippen LogP contribution in [0.4, 0.5) is 5.69 Å². The van der Waals surface area contributed by atoms with Crippen molar-refractivity contribution in [3.63, 3.8) is 0 Å². The molecular formula is C23H30NO7+. The standard InChI is InChI=1S/C23H29NO7/c1-7-28-21(26)16-19(22(27)29-8-2)31-24(18-12-10-9-11-13-18)17(3)14-15-20(25)30-23(4,5)6/h9-15H,7-8H2,1-6H3/p+1/b15-14+,24-17+. The highest BCUT2D eigenvalue weighted by atomic mass is 16.7. The Hall–Kier alpha value is -3.51. The molecule has 1 aromatic carbocycles. The third kappa shape index (κ3) is 9.69. The van der Waals surface area contributed by atoms with Gasteiger partial charge in [-0.15, -0.1) is 0 Å². The zero-order chi connectivity index (χ0) is 23.4. The first-order valence-corrected chi connectivity index (χ1v) is 9.85. The molecule has 31 heavy (non-hydrogen) atoms. The van der Waals surface area contributed by atoms with E-state index in [4.69, 9.17) is 19.0 Å². The summed E-state index contributed by atoms with van der Waals surface area (Å²) in [6.45, 7) is 10.5. The van der Waals surface area contributed by atoms with Crippen molar-refractivity contribution in [3.8, 4) is 0 Å². The topological polar surface area (TPSA) is 94.3 Å². The minimum Gasteiger partial charge on any atom is -0.475 e. The Morgan fingerprint density at radius 2 is 1.68 bits per heavy atom. The molecule has 0 saturated heterocycles. The van der Waals surface area contributed by atoms with Gasteiger partial charge in [-0.3, -0.25) is 0 Å². The van der Waals surface area contributed by atoms with Crippen molar-refractivity contribution in [2.45, 2.75) is 47.1 Å². The Bertz CT molecular complexity index is 886. The fourth-order valence-corrected chi connectivity index (χ4v) is 2.15. The van der Waals surface area contributed by atoms with E-state index in [0.29, 0.717) is 11.4 Å². The summed E-state index contributed by atoms with van der Waals surface area (Å²) in [6, 6.07) is 8.84. The number of allylic oxidation sites excluding steroid dienone is 1. The predicted molar refractivity (Wildman–Crippen MR) is 115 cm³/mol. The van der Waals surface area contributed by atoms with Crippen molar-refractivity contribution in [3.05, 3.63) is 59.9 Å². The summed E-state index contributed by atoms with van der Waals surface area (Å²) in [4.78, 5) is 30.1. The predicted octanol–water partition coefficient (Wildman–Crippen LogP) is 4.10. The van der Waals surface area contributed by atoms with Crippen LogP contribution in [-0.4, -0.2) is 46.3 Å². The van der Waals surface area contributed by atoms with Crippen LogP contribution in [0.15, 0.2) is 59.9 Å². The van der Waals surface area contributed by atoms with Crippen molar-refractivity contribution in [2.75, 3.05) is 13.2 Å². The second kappa shape index (κ2) is 12.2. The van der Waals surface area contributed by atoms with E-state index in [2.05, 4.69) is 5.73 Å². The van der Waals surface area contributed by atoms with E-state index in [0.717, 1.165) is 0 Å². The lowest BCUT2D eigenvalue weighted by atomic mass is 10.2. The van der Waals surface area contributed by atoms with Crippen molar-refractivity contribution in [1.29, 1.82) is 0 Å². The molecule has 0 bridgehead atoms. The Balaban J connectivity index is 3.44. The summed E-state index contributed by atoms with van der Waals surface area (Å²) in [5.74, 6) is -2.43. The number of benzene rings is 1. The average molecular weight is 432 g/mol. The number of aliphatic hydroxyl groups is 1. The van der Waals surface area contributed by atoms with Gasteiger partial charge in [-0.2, -0.15) is 0 Å². The summed E-state index contributed by atoms with van der Waals surface area (Å²) >= 11 is 0. The number of ether oxygens (including phenoxy) is 3. The van der Waals surface area contributed by atoms with Crippen LogP contribution >= 0.6 is 0 Å². The molecule has 0 saturated carbocycles. The molecule has 1 aromatic rings. The van der Waals surface area contributed by atoms with Gasteiger partial charge in [-0.25, -0.2) is 14.4 Å². The molecule has 0 aromatic heterocycles. The van der Waals surface area contributed by atoms with Crippen LogP contribution in [0.25, 0.3) is 0 Å². The molecule has 1 N–H and O–H groups in total. The highest BCUT2D eigenvalue weighted by molar-refractivity contribution is 5.95. The smallest absolute Gasteiger partial charge is 0.390 e. The van der Waals surface area contributed by atoms with Gasteiger partial charge < -0.3 is 19.3 Å². The fraction of sp³-hybridized carbons (Fsp3) is 0.391. The molecule has 0 unspecified atom stereocenters. The first-order chi connectivity index (χ1) is 14.6. The maximum atomic E-state index is 12.3. The van der Waals surface area contributed by atoms with E-state index in [1.54, 1.807) is 65.8 Å². The van der Waals surface area contributed by atoms with Gasteiger partial charge in [0.25, 0.3) is 5.69 Å². The first-order valence-electron chi connectivity index (χ1n) is 9.85. The number of esters is 2. The van der Waals surface area contributed by atoms with Crippen LogP contribution in [-0.2, 0) is 28.6 Å². The van der Waals surface area contributed by atoms with E-state index in [9.17, 15) is 14.7 Å². The summed E-state index contributed by atoms with van der Waals surface area (Å²) < 4.78 is 16.5. The van der Waals surface area contributed by atoms with Crippen LogP contribution in [0.1, 0.15) is 41.5 Å². The third-order valence-electron chi connectivity index (χ3n) is 3.32. The summed E-state index contributed by atoms with van der Waals surface area (Å²) in [6.07, 6.45) is 2.73. The average Bonchev–Trinajstić information content (AvgIpc) is 2.69. The molecule has 0 amide bonds. The number of carbonyl (C=O) groups excluding carboxylic acids is 2. The van der Waals surface area contributed by atoms with Crippen LogP contribution in [0.5, 0.6) is 0 Å². The zero-order valence-electron chi connectivity index (χ0n) is 18.8. The van der Waals surface area contributed by atoms with Crippen LogP contribution in [0.2, 0.25) is 0 Å². The fourth-order valence-electron chi connectivity index (χ4n) is 2.15. The third-order valence-corrected chi connectivity index (χ3v) is 3.32. The molecule has 0 fully saturated rings. The van der Waals surface area contributed by atoms with Gasteiger partial charge in [0.05, 0.1) is 13.2 Å². The molecule has 0 radical (unpaired) electrons. The number of hydrogen-bond donors (Lipinski definition) is 1. The van der Waals surface area contributed by atoms with Crippen molar-refractivity contribution < 1.29 is 38.5 Å². The molecule has 0 spiro atoms. The second-order valence-corrected chi connectivity index (χ2v) is 7.14. The monoisotopic (exact) mass is 432 g/mol. The minimum atomic E-state index is -0.849. The Labute approximate surface area is 182 Å². The van der Waals surface area contributed by atoms with Gasteiger partial charge in [-0.1, -0.05) is 18.2 Å². The Morgan fingerprint density at radius 3 is 2.23 bits per heavy atom. The van der Waals surface area contributed by atoms with Gasteiger partial charge >= 0.3 is 23.6 Å². The van der Waals surface area contributed by atoms with Gasteiger partial charge in [0, 0.05) is 41.7 Å². The number of carbonyl (C=O) groups is 2. The highest BCUT2D eigenvalue weighted by Gasteiger charge is 2.25. The van der Waals surface area contributed by atoms with Gasteiger partial charge in [0.2, 0.25) is 5.71 Å². The van der Waals surface area contributed by atoms with Gasteiger partial charge in [0.1, 0.15) is 5.60 Å². The lowest BCUT2D eigenvalue weighted by molar-refractivity contribution is -0.711. The van der Waals surface area contributed by atoms with E-state index in [1.165, 1.54) is 16.9 Å². The second-order valence-electron chi connectivity index (χ2n) is 7.14. The SMILES string of the molecule is CCOC(=O)C(=C=C(O)OCC)O/[N+](=C(C)/C=C/C(=O)OC(C)(C)C)c1ccccc1. The molecule has 168 valence electrons. The lowest BCUT2D eigenvalue weighted by Gasteiger charge is -2.17. The maximum Gasteiger partial charge on any atom is 0.390 e. The number of hydrogen-bond acceptors (Lipinski definition) is 7. The molecule has 0 aliphatic rings. The number of rotatable bonds is 9. The Kier molecular flexibility index (Phi) is 10.1. The zero-order valence-corrected chi connectivity index (χ0v) is 18.8. The van der Waals surface area contributed by atoms with Crippen molar-refractivity contribution in [2.24, 2.45) is 0 Å². The van der Waals surface area contributed by atoms with E-state index < -0.39 is 29.2 Å². The molecule has 1 rings (SSSR count). The molecular weight excluding hydrogens is 402 g/mol. The molecule has 0 aliphatic carbocycles. The Morgan fingerprint density at radius 1 is 1.06 bits per heavy atom. The van der Waals surface area contributed by atoms with E-state index >= 15 is 0 Å². The first kappa shape index (κ1) is 25.5. The van der Waals surface area contributed by atoms with Gasteiger partial charge in [-0.05, 0) is 34.6 Å². The van der Waals surface area contributed by atoms with Crippen LogP contribution in [0.3, 0.4) is 0 Å². The molecule has 8 heteroatoms. The number of para-hydroxylation sites is 1. The lowest BCUT2D eigenvalue weighted by Crippen LogP contribution is -2.23. The van der Waals surface area contributed by atoms with Crippen molar-refractivity contribution in [1.82, 2.24) is 0 Å². The van der Waals surface area contributed by atoms with E-state index in [-0.39, 0.29) is 13.2 Å². The van der Waals surface area contributed by atoms with E-state index in [1.807, 2.05) is 6.07 Å². The highest BCUT2D eigenvalue weighted by Crippen LogP contribution is 2.16. The molecule has 8 nitrogen and oxygen atoms in total. The number of aliphatic hydroxyl groups excluding tert-OH is 1. The molecule has 0 heterocycles. The largest absolute Gasteiger partial charge is 0.475 e. The van der Waals surface area contributed by atoms with Crippen molar-refractivity contribution >= 4 is 23.3 Å². The summed E-state index contributed by atoms with van der Waals surface area (Å²) in [5.41, 5.74) is 2.71. The number of nitrogens with zero attached hydrogens (tertiary/aromatic N) is 1. The molecule has 0 atom stereocenters. The normalized spacial score (nSPS) is 11.8. The quantitative estimate of drug-likeness (QED) is 0.119. The van der Waals surface area contributed by atoms with Crippen LogP contribution in [0, 0.1) is 0 Å². The van der Waals surface area contributed by atoms with Gasteiger partial charge in [0.15, 0.2) is 0 Å².